The van der Waals surface area contributed by atoms with Gasteiger partial charge in [0.05, 0.1) is 7.11 Å². The van der Waals surface area contributed by atoms with Crippen molar-refractivity contribution in [1.82, 2.24) is 0 Å². The molecule has 0 spiro atoms. The van der Waals surface area contributed by atoms with Crippen LogP contribution in [-0.4, -0.2) is 7.11 Å². The zero-order chi connectivity index (χ0) is 14.1. The first-order valence-electron chi connectivity index (χ1n) is 6.99. The van der Waals surface area contributed by atoms with Gasteiger partial charge in [-0.3, -0.25) is 0 Å². The Morgan fingerprint density at radius 2 is 1.89 bits per heavy atom. The SMILES string of the molecule is COc1ccc(C2(N)CCCC(C)(C)CC2)c(F)c1. The normalized spacial score (nSPS) is 26.8. The molecule has 2 N–H and O–H groups in total. The number of hydrogen-bond acceptors (Lipinski definition) is 2. The summed E-state index contributed by atoms with van der Waals surface area (Å²) in [6.45, 7) is 4.53. The maximum atomic E-state index is 14.2. The van der Waals surface area contributed by atoms with Crippen molar-refractivity contribution in [2.75, 3.05) is 7.11 Å². The van der Waals surface area contributed by atoms with E-state index in [4.69, 9.17) is 10.5 Å². The van der Waals surface area contributed by atoms with Gasteiger partial charge in [-0.2, -0.15) is 0 Å². The third kappa shape index (κ3) is 3.08. The van der Waals surface area contributed by atoms with Crippen LogP contribution in [0.25, 0.3) is 0 Å². The third-order valence-corrected chi connectivity index (χ3v) is 4.44. The van der Waals surface area contributed by atoms with E-state index in [0.717, 1.165) is 32.1 Å². The molecule has 0 aliphatic heterocycles. The van der Waals surface area contributed by atoms with Crippen LogP contribution in [0, 0.1) is 11.2 Å². The molecule has 0 radical (unpaired) electrons. The molecule has 1 aromatic rings. The first-order valence-corrected chi connectivity index (χ1v) is 6.99. The van der Waals surface area contributed by atoms with Gasteiger partial charge in [-0.15, -0.1) is 0 Å². The lowest BCUT2D eigenvalue weighted by atomic mass is 9.81. The Balaban J connectivity index is 2.29. The molecule has 2 nitrogen and oxygen atoms in total. The van der Waals surface area contributed by atoms with E-state index < -0.39 is 5.54 Å². The van der Waals surface area contributed by atoms with Crippen molar-refractivity contribution in [3.63, 3.8) is 0 Å². The van der Waals surface area contributed by atoms with Crippen LogP contribution in [-0.2, 0) is 5.54 Å². The zero-order valence-electron chi connectivity index (χ0n) is 12.1. The minimum atomic E-state index is -0.538. The Bertz CT molecular complexity index is 458. The second-order valence-electron chi connectivity index (χ2n) is 6.52. The molecule has 2 rings (SSSR count). The van der Waals surface area contributed by atoms with Crippen molar-refractivity contribution in [2.45, 2.75) is 51.5 Å². The highest BCUT2D eigenvalue weighted by molar-refractivity contribution is 5.33. The molecule has 3 heteroatoms. The first kappa shape index (κ1) is 14.3. The van der Waals surface area contributed by atoms with Crippen LogP contribution < -0.4 is 10.5 Å². The molecule has 1 saturated carbocycles. The van der Waals surface area contributed by atoms with Crippen molar-refractivity contribution in [3.05, 3.63) is 29.6 Å². The van der Waals surface area contributed by atoms with Crippen LogP contribution in [0.15, 0.2) is 18.2 Å². The largest absolute Gasteiger partial charge is 0.497 e. The lowest BCUT2D eigenvalue weighted by Gasteiger charge is -2.30. The standard InChI is InChI=1S/C16H24FNO/c1-15(2)7-4-8-16(18,10-9-15)13-6-5-12(19-3)11-14(13)17/h5-6,11H,4,7-10,18H2,1-3H3. The summed E-state index contributed by atoms with van der Waals surface area (Å²) in [6, 6.07) is 5.01. The summed E-state index contributed by atoms with van der Waals surface area (Å²) in [5, 5.41) is 0. The van der Waals surface area contributed by atoms with Crippen LogP contribution in [0.4, 0.5) is 4.39 Å². The van der Waals surface area contributed by atoms with Gasteiger partial charge in [0.2, 0.25) is 0 Å². The maximum absolute atomic E-state index is 14.2. The van der Waals surface area contributed by atoms with E-state index in [1.807, 2.05) is 0 Å². The minimum absolute atomic E-state index is 0.249. The topological polar surface area (TPSA) is 35.2 Å². The summed E-state index contributed by atoms with van der Waals surface area (Å²) in [5.74, 6) is 0.292. The van der Waals surface area contributed by atoms with Gasteiger partial charge >= 0.3 is 0 Å². The smallest absolute Gasteiger partial charge is 0.131 e. The van der Waals surface area contributed by atoms with Crippen LogP contribution in [0.3, 0.4) is 0 Å². The number of nitrogens with two attached hydrogens (primary N) is 1. The number of benzene rings is 1. The zero-order valence-corrected chi connectivity index (χ0v) is 12.1. The molecule has 0 amide bonds. The number of rotatable bonds is 2. The fourth-order valence-electron chi connectivity index (χ4n) is 2.99. The van der Waals surface area contributed by atoms with E-state index in [2.05, 4.69) is 13.8 Å². The molecule has 19 heavy (non-hydrogen) atoms. The van der Waals surface area contributed by atoms with Gasteiger partial charge in [-0.25, -0.2) is 4.39 Å². The second kappa shape index (κ2) is 5.12. The molecule has 0 saturated heterocycles. The summed E-state index contributed by atoms with van der Waals surface area (Å²) in [5.41, 5.74) is 6.92. The number of methoxy groups -OCH3 is 1. The summed E-state index contributed by atoms with van der Waals surface area (Å²) < 4.78 is 19.3. The van der Waals surface area contributed by atoms with Crippen LogP contribution in [0.5, 0.6) is 5.75 Å². The van der Waals surface area contributed by atoms with E-state index in [-0.39, 0.29) is 5.82 Å². The Morgan fingerprint density at radius 3 is 2.53 bits per heavy atom. The van der Waals surface area contributed by atoms with E-state index in [9.17, 15) is 4.39 Å². The average Bonchev–Trinajstić information content (AvgIpc) is 2.49. The monoisotopic (exact) mass is 265 g/mol. The molecule has 1 aromatic carbocycles. The maximum Gasteiger partial charge on any atom is 0.131 e. The van der Waals surface area contributed by atoms with Crippen molar-refractivity contribution in [1.29, 1.82) is 0 Å². The quantitative estimate of drug-likeness (QED) is 0.821. The highest BCUT2D eigenvalue weighted by Gasteiger charge is 2.35. The van der Waals surface area contributed by atoms with Crippen molar-refractivity contribution in [2.24, 2.45) is 11.1 Å². The van der Waals surface area contributed by atoms with Crippen LogP contribution in [0.1, 0.15) is 51.5 Å². The fourth-order valence-corrected chi connectivity index (χ4v) is 2.99. The summed E-state index contributed by atoms with van der Waals surface area (Å²) in [4.78, 5) is 0. The highest BCUT2D eigenvalue weighted by Crippen LogP contribution is 2.42. The van der Waals surface area contributed by atoms with Gasteiger partial charge < -0.3 is 10.5 Å². The van der Waals surface area contributed by atoms with Crippen LogP contribution in [0.2, 0.25) is 0 Å². The predicted octanol–water partition coefficient (Wildman–Crippen LogP) is 3.98. The Morgan fingerprint density at radius 1 is 1.16 bits per heavy atom. The van der Waals surface area contributed by atoms with Gasteiger partial charge in [-0.05, 0) is 37.2 Å². The Hall–Kier alpha value is -1.09. The van der Waals surface area contributed by atoms with Gasteiger partial charge in [0.1, 0.15) is 11.6 Å². The fraction of sp³-hybridized carbons (Fsp3) is 0.625. The molecule has 1 fully saturated rings. The van der Waals surface area contributed by atoms with E-state index in [0.29, 0.717) is 16.7 Å². The lowest BCUT2D eigenvalue weighted by molar-refractivity contribution is 0.296. The van der Waals surface area contributed by atoms with Gasteiger partial charge in [0.25, 0.3) is 0 Å². The first-order chi connectivity index (χ1) is 8.86. The van der Waals surface area contributed by atoms with Gasteiger partial charge in [0.15, 0.2) is 0 Å². The van der Waals surface area contributed by atoms with Crippen LogP contribution >= 0.6 is 0 Å². The molecule has 1 aliphatic carbocycles. The molecule has 1 unspecified atom stereocenters. The highest BCUT2D eigenvalue weighted by atomic mass is 19.1. The Labute approximate surface area is 115 Å². The molecule has 0 aromatic heterocycles. The van der Waals surface area contributed by atoms with E-state index in [1.165, 1.54) is 6.07 Å². The number of halogens is 1. The van der Waals surface area contributed by atoms with Crippen molar-refractivity contribution >= 4 is 0 Å². The Kier molecular flexibility index (Phi) is 3.86. The van der Waals surface area contributed by atoms with Gasteiger partial charge in [0, 0.05) is 17.2 Å². The predicted molar refractivity (Wildman–Crippen MR) is 75.7 cm³/mol. The molecule has 1 aliphatic rings. The summed E-state index contributed by atoms with van der Waals surface area (Å²) in [7, 11) is 1.54. The van der Waals surface area contributed by atoms with E-state index >= 15 is 0 Å². The molecule has 0 bridgehead atoms. The van der Waals surface area contributed by atoms with Gasteiger partial charge in [-0.1, -0.05) is 26.3 Å². The summed E-state index contributed by atoms with van der Waals surface area (Å²) in [6.07, 6.45) is 4.93. The molecule has 0 heterocycles. The molecule has 106 valence electrons. The molecular weight excluding hydrogens is 241 g/mol. The van der Waals surface area contributed by atoms with E-state index in [1.54, 1.807) is 19.2 Å². The second-order valence-corrected chi connectivity index (χ2v) is 6.52. The molecular formula is C16H24FNO. The third-order valence-electron chi connectivity index (χ3n) is 4.44. The molecule has 1 atom stereocenters. The lowest BCUT2D eigenvalue weighted by Crippen LogP contribution is -2.37. The van der Waals surface area contributed by atoms with Crippen molar-refractivity contribution < 1.29 is 9.13 Å². The average molecular weight is 265 g/mol. The number of ether oxygens (including phenoxy) is 1. The summed E-state index contributed by atoms with van der Waals surface area (Å²) >= 11 is 0. The van der Waals surface area contributed by atoms with Crippen molar-refractivity contribution in [3.8, 4) is 5.75 Å². The minimum Gasteiger partial charge on any atom is -0.497 e. The number of hydrogen-bond donors (Lipinski definition) is 1.